The van der Waals surface area contributed by atoms with Crippen LogP contribution in [-0.4, -0.2) is 33.9 Å². The smallest absolute Gasteiger partial charge is 0.345 e. The van der Waals surface area contributed by atoms with E-state index >= 15 is 0 Å². The van der Waals surface area contributed by atoms with E-state index in [1.807, 2.05) is 6.07 Å². The van der Waals surface area contributed by atoms with Gasteiger partial charge in [0.15, 0.2) is 0 Å². The number of methoxy groups -OCH3 is 2. The van der Waals surface area contributed by atoms with Crippen LogP contribution in [0.4, 0.5) is 8.78 Å². The molecule has 2 atom stereocenters. The van der Waals surface area contributed by atoms with Gasteiger partial charge in [-0.05, 0) is 44.0 Å². The molecule has 1 unspecified atom stereocenters. The molecule has 0 amide bonds. The molecule has 0 spiro atoms. The minimum absolute atomic E-state index is 0.0791. The van der Waals surface area contributed by atoms with E-state index in [1.54, 1.807) is 13.2 Å². The predicted octanol–water partition coefficient (Wildman–Crippen LogP) is 3.72. The first-order valence-electron chi connectivity index (χ1n) is 8.28. The largest absolute Gasteiger partial charge is 0.496 e. The van der Waals surface area contributed by atoms with Crippen molar-refractivity contribution in [2.75, 3.05) is 27.3 Å². The van der Waals surface area contributed by atoms with E-state index in [-0.39, 0.29) is 12.0 Å². The number of benzene rings is 1. The predicted molar refractivity (Wildman–Crippen MR) is 89.0 cm³/mol. The number of hydrogen-bond acceptors (Lipinski definition) is 4. The fraction of sp³-hybridized carbons (Fsp3) is 0.667. The van der Waals surface area contributed by atoms with Crippen LogP contribution in [0.3, 0.4) is 0 Å². The van der Waals surface area contributed by atoms with Gasteiger partial charge in [-0.1, -0.05) is 13.8 Å². The zero-order valence-electron chi connectivity index (χ0n) is 14.8. The summed E-state index contributed by atoms with van der Waals surface area (Å²) in [7, 11) is 3.14. The van der Waals surface area contributed by atoms with Gasteiger partial charge >= 0.3 is 6.61 Å². The molecule has 1 heterocycles. The first-order valence-corrected chi connectivity index (χ1v) is 8.28. The Morgan fingerprint density at radius 3 is 2.58 bits per heavy atom. The Morgan fingerprint density at radius 1 is 1.25 bits per heavy atom. The van der Waals surface area contributed by atoms with Crippen LogP contribution in [0.15, 0.2) is 12.1 Å². The second kappa shape index (κ2) is 8.12. The molecule has 1 aromatic rings. The number of halogens is 2. The standard InChI is InChI=1S/C18H27F2NO3/c1-12-10-21-7-5-6-18(12,2)14-9-15(22-3)13(8-16(14)23-4)11-24-17(19)20/h8-9,12,17,21H,5-7,10-11H2,1-4H3/t12?,18-/m1/s1. The fourth-order valence-corrected chi connectivity index (χ4v) is 3.44. The van der Waals surface area contributed by atoms with Crippen molar-refractivity contribution >= 4 is 0 Å². The Bertz CT molecular complexity index is 553. The van der Waals surface area contributed by atoms with Crippen LogP contribution in [0.1, 0.15) is 37.8 Å². The zero-order chi connectivity index (χ0) is 17.7. The van der Waals surface area contributed by atoms with Crippen molar-refractivity contribution in [1.82, 2.24) is 5.32 Å². The summed E-state index contributed by atoms with van der Waals surface area (Å²) in [5.74, 6) is 1.65. The molecule has 1 fully saturated rings. The summed E-state index contributed by atoms with van der Waals surface area (Å²) in [6.45, 7) is 3.35. The summed E-state index contributed by atoms with van der Waals surface area (Å²) in [6.07, 6.45) is 2.09. The van der Waals surface area contributed by atoms with Crippen LogP contribution in [0.25, 0.3) is 0 Å². The lowest BCUT2D eigenvalue weighted by Gasteiger charge is -2.36. The molecule has 0 bridgehead atoms. The van der Waals surface area contributed by atoms with Gasteiger partial charge in [0.25, 0.3) is 0 Å². The van der Waals surface area contributed by atoms with Crippen LogP contribution in [0.2, 0.25) is 0 Å². The van der Waals surface area contributed by atoms with E-state index < -0.39 is 6.61 Å². The summed E-state index contributed by atoms with van der Waals surface area (Å²) >= 11 is 0. The highest BCUT2D eigenvalue weighted by Crippen LogP contribution is 2.44. The molecule has 0 aliphatic carbocycles. The normalized spacial score (nSPS) is 24.7. The highest BCUT2D eigenvalue weighted by Gasteiger charge is 2.37. The van der Waals surface area contributed by atoms with Gasteiger partial charge in [0.1, 0.15) is 11.5 Å². The summed E-state index contributed by atoms with van der Waals surface area (Å²) in [4.78, 5) is 0. The maximum absolute atomic E-state index is 12.4. The second-order valence-electron chi connectivity index (χ2n) is 6.56. The van der Waals surface area contributed by atoms with Gasteiger partial charge < -0.3 is 19.5 Å². The van der Waals surface area contributed by atoms with Crippen molar-refractivity contribution in [2.45, 2.75) is 45.3 Å². The molecule has 1 aliphatic rings. The van der Waals surface area contributed by atoms with Crippen molar-refractivity contribution in [2.24, 2.45) is 5.92 Å². The van der Waals surface area contributed by atoms with Gasteiger partial charge in [-0.2, -0.15) is 8.78 Å². The van der Waals surface area contributed by atoms with E-state index in [9.17, 15) is 8.78 Å². The summed E-state index contributed by atoms with van der Waals surface area (Å²) in [5, 5.41) is 3.46. The molecule has 0 radical (unpaired) electrons. The zero-order valence-corrected chi connectivity index (χ0v) is 14.8. The highest BCUT2D eigenvalue weighted by atomic mass is 19.3. The number of nitrogens with one attached hydrogen (secondary N) is 1. The summed E-state index contributed by atoms with van der Waals surface area (Å²) < 4.78 is 40.2. The van der Waals surface area contributed by atoms with Crippen molar-refractivity contribution in [1.29, 1.82) is 0 Å². The third-order valence-corrected chi connectivity index (χ3v) is 5.17. The van der Waals surface area contributed by atoms with E-state index in [4.69, 9.17) is 9.47 Å². The fourth-order valence-electron chi connectivity index (χ4n) is 3.44. The second-order valence-corrected chi connectivity index (χ2v) is 6.56. The molecule has 0 saturated carbocycles. The van der Waals surface area contributed by atoms with Gasteiger partial charge in [-0.15, -0.1) is 0 Å². The lowest BCUT2D eigenvalue weighted by Crippen LogP contribution is -2.34. The van der Waals surface area contributed by atoms with Crippen molar-refractivity contribution in [3.8, 4) is 11.5 Å². The molecule has 0 aromatic heterocycles. The third-order valence-electron chi connectivity index (χ3n) is 5.17. The van der Waals surface area contributed by atoms with Gasteiger partial charge in [-0.3, -0.25) is 0 Å². The Kier molecular flexibility index (Phi) is 6.40. The SMILES string of the molecule is COc1cc([C@]2(C)CCCNCC2C)c(OC)cc1COC(F)F. The molecule has 1 saturated heterocycles. The molecule has 1 N–H and O–H groups in total. The average Bonchev–Trinajstić information content (AvgIpc) is 2.74. The number of ether oxygens (including phenoxy) is 3. The lowest BCUT2D eigenvalue weighted by molar-refractivity contribution is -0.137. The van der Waals surface area contributed by atoms with Crippen LogP contribution in [-0.2, 0) is 16.8 Å². The molecule has 136 valence electrons. The van der Waals surface area contributed by atoms with Gasteiger partial charge in [0.05, 0.1) is 20.8 Å². The third kappa shape index (κ3) is 3.98. The average molecular weight is 343 g/mol. The van der Waals surface area contributed by atoms with E-state index in [1.165, 1.54) is 7.11 Å². The quantitative estimate of drug-likeness (QED) is 0.854. The van der Waals surface area contributed by atoms with Gasteiger partial charge in [0, 0.05) is 16.5 Å². The number of hydrogen-bond donors (Lipinski definition) is 1. The monoisotopic (exact) mass is 343 g/mol. The highest BCUT2D eigenvalue weighted by molar-refractivity contribution is 5.50. The van der Waals surface area contributed by atoms with Crippen LogP contribution in [0.5, 0.6) is 11.5 Å². The van der Waals surface area contributed by atoms with E-state index in [0.717, 1.165) is 31.5 Å². The summed E-state index contributed by atoms with van der Waals surface area (Å²) in [6, 6.07) is 3.68. The molecular formula is C18H27F2NO3. The molecule has 1 aliphatic heterocycles. The van der Waals surface area contributed by atoms with Crippen molar-refractivity contribution in [3.63, 3.8) is 0 Å². The van der Waals surface area contributed by atoms with Gasteiger partial charge in [0.2, 0.25) is 0 Å². The minimum Gasteiger partial charge on any atom is -0.496 e. The first-order chi connectivity index (χ1) is 11.4. The minimum atomic E-state index is -2.81. The Balaban J connectivity index is 2.45. The molecule has 4 nitrogen and oxygen atoms in total. The maximum Gasteiger partial charge on any atom is 0.345 e. The van der Waals surface area contributed by atoms with Crippen molar-refractivity contribution < 1.29 is 23.0 Å². The molecular weight excluding hydrogens is 316 g/mol. The molecule has 2 rings (SSSR count). The molecule has 6 heteroatoms. The van der Waals surface area contributed by atoms with E-state index in [0.29, 0.717) is 23.0 Å². The molecule has 1 aromatic carbocycles. The first kappa shape index (κ1) is 18.9. The number of alkyl halides is 2. The maximum atomic E-state index is 12.4. The summed E-state index contributed by atoms with van der Waals surface area (Å²) in [5.41, 5.74) is 1.53. The van der Waals surface area contributed by atoms with Crippen LogP contribution in [0, 0.1) is 5.92 Å². The Hall–Kier alpha value is -1.40. The topological polar surface area (TPSA) is 39.7 Å². The Labute approximate surface area is 142 Å². The van der Waals surface area contributed by atoms with Crippen molar-refractivity contribution in [3.05, 3.63) is 23.3 Å². The lowest BCUT2D eigenvalue weighted by atomic mass is 9.69. The Morgan fingerprint density at radius 2 is 1.96 bits per heavy atom. The number of rotatable bonds is 6. The van der Waals surface area contributed by atoms with Crippen LogP contribution >= 0.6 is 0 Å². The van der Waals surface area contributed by atoms with Gasteiger partial charge in [-0.25, -0.2) is 0 Å². The van der Waals surface area contributed by atoms with Crippen LogP contribution < -0.4 is 14.8 Å². The molecule has 24 heavy (non-hydrogen) atoms. The van der Waals surface area contributed by atoms with E-state index in [2.05, 4.69) is 23.9 Å².